The molecule has 3 aromatic carbocycles. The Kier molecular flexibility index (Phi) is 7.75. The van der Waals surface area contributed by atoms with Crippen LogP contribution < -0.4 is 0 Å². The molecule has 0 radical (unpaired) electrons. The number of benzene rings is 3. The second kappa shape index (κ2) is 10.7. The fraction of sp³-hybridized carbons (Fsp3) is 0.375. The van der Waals surface area contributed by atoms with Gasteiger partial charge in [-0.05, 0) is 112 Å². The van der Waals surface area contributed by atoms with Crippen LogP contribution >= 0.6 is 0 Å². The Labute approximate surface area is 224 Å². The van der Waals surface area contributed by atoms with Crippen LogP contribution in [0.4, 0.5) is 4.39 Å². The van der Waals surface area contributed by atoms with Gasteiger partial charge in [0.15, 0.2) is 6.10 Å². The van der Waals surface area contributed by atoms with Crippen molar-refractivity contribution in [3.8, 4) is 0 Å². The van der Waals surface area contributed by atoms with Crippen molar-refractivity contribution in [2.75, 3.05) is 0 Å². The third-order valence-corrected chi connectivity index (χ3v) is 7.25. The Hall–Kier alpha value is -3.51. The van der Waals surface area contributed by atoms with Gasteiger partial charge in [0, 0.05) is 18.7 Å². The summed E-state index contributed by atoms with van der Waals surface area (Å²) in [6.07, 6.45) is 0.258. The zero-order valence-corrected chi connectivity index (χ0v) is 23.0. The summed E-state index contributed by atoms with van der Waals surface area (Å²) >= 11 is 0. The molecule has 4 rings (SSSR count). The van der Waals surface area contributed by atoms with Crippen LogP contribution in [0.1, 0.15) is 81.7 Å². The summed E-state index contributed by atoms with van der Waals surface area (Å²) in [5, 5.41) is 10.3. The van der Waals surface area contributed by atoms with Crippen molar-refractivity contribution in [3.05, 3.63) is 104 Å². The van der Waals surface area contributed by atoms with Gasteiger partial charge in [-0.2, -0.15) is 0 Å². The minimum Gasteiger partial charge on any atom is -0.479 e. The Morgan fingerprint density at radius 1 is 0.974 bits per heavy atom. The molecule has 3 aromatic rings. The first-order valence-corrected chi connectivity index (χ1v) is 13.0. The van der Waals surface area contributed by atoms with Crippen molar-refractivity contribution in [2.24, 2.45) is 0 Å². The molecule has 6 heteroatoms. The van der Waals surface area contributed by atoms with Gasteiger partial charge >= 0.3 is 5.97 Å². The average Bonchev–Trinajstić information content (AvgIpc) is 3.30. The number of aryl methyl sites for hydroxylation is 2. The molecule has 1 atom stereocenters. The molecule has 1 aliphatic rings. The molecule has 1 heterocycles. The van der Waals surface area contributed by atoms with E-state index in [0.29, 0.717) is 30.6 Å². The monoisotopic (exact) mass is 517 g/mol. The van der Waals surface area contributed by atoms with Crippen LogP contribution in [-0.4, -0.2) is 27.5 Å². The summed E-state index contributed by atoms with van der Waals surface area (Å²) in [4.78, 5) is 27.5. The molecule has 0 bridgehead atoms. The highest BCUT2D eigenvalue weighted by atomic mass is 19.1. The van der Waals surface area contributed by atoms with E-state index in [4.69, 9.17) is 4.74 Å². The van der Waals surface area contributed by atoms with Crippen molar-refractivity contribution in [1.82, 2.24) is 4.90 Å². The molecule has 0 aliphatic carbocycles. The highest BCUT2D eigenvalue weighted by molar-refractivity contribution is 5.94. The predicted molar refractivity (Wildman–Crippen MR) is 146 cm³/mol. The molecule has 1 unspecified atom stereocenters. The molecule has 1 N–H and O–H groups in total. The topological polar surface area (TPSA) is 66.8 Å². The molecule has 0 fully saturated rings. The number of amides is 1. The van der Waals surface area contributed by atoms with Crippen LogP contribution in [0.2, 0.25) is 0 Å². The number of carboxylic acids is 1. The standard InChI is InChI=1S/C32H36FNO4/c1-19-10-12-22(13-11-19)14-15-25-20(2)26-17-34(30(35)23-8-7-9-24(33)16-23)18-27(26)21(3)28(25)29(31(36)37)38-32(4,5)6/h7-13,16,29H,14-15,17-18H2,1-6H3,(H,36,37). The van der Waals surface area contributed by atoms with E-state index in [2.05, 4.69) is 24.3 Å². The second-order valence-corrected chi connectivity index (χ2v) is 11.2. The van der Waals surface area contributed by atoms with Crippen molar-refractivity contribution in [2.45, 2.75) is 79.2 Å². The SMILES string of the molecule is Cc1ccc(CCc2c(C)c3c(c(C)c2C(OC(C)(C)C)C(=O)O)CN(C(=O)c2cccc(F)c2)C3)cc1. The molecule has 1 aliphatic heterocycles. The largest absolute Gasteiger partial charge is 0.479 e. The van der Waals surface area contributed by atoms with Gasteiger partial charge in [0.25, 0.3) is 5.91 Å². The van der Waals surface area contributed by atoms with Gasteiger partial charge in [0.2, 0.25) is 0 Å². The Morgan fingerprint density at radius 2 is 1.61 bits per heavy atom. The Morgan fingerprint density at radius 3 is 2.18 bits per heavy atom. The normalized spacial score (nSPS) is 13.9. The Balaban J connectivity index is 1.78. The lowest BCUT2D eigenvalue weighted by Gasteiger charge is -2.29. The minimum absolute atomic E-state index is 0.247. The number of aliphatic carboxylic acids is 1. The molecule has 38 heavy (non-hydrogen) atoms. The molecule has 0 saturated heterocycles. The summed E-state index contributed by atoms with van der Waals surface area (Å²) in [7, 11) is 0. The molecular weight excluding hydrogens is 481 g/mol. The fourth-order valence-corrected chi connectivity index (χ4v) is 5.33. The molecular formula is C32H36FNO4. The van der Waals surface area contributed by atoms with Crippen molar-refractivity contribution in [3.63, 3.8) is 0 Å². The maximum atomic E-state index is 13.8. The van der Waals surface area contributed by atoms with Crippen LogP contribution in [0.3, 0.4) is 0 Å². The number of carboxylic acid groups (broad SMARTS) is 1. The lowest BCUT2D eigenvalue weighted by atomic mass is 9.84. The Bertz CT molecular complexity index is 1370. The number of carbonyl (C=O) groups excluding carboxylic acids is 1. The lowest BCUT2D eigenvalue weighted by Crippen LogP contribution is -2.29. The van der Waals surface area contributed by atoms with Gasteiger partial charge in [0.05, 0.1) is 5.60 Å². The number of fused-ring (bicyclic) bond motifs is 1. The highest BCUT2D eigenvalue weighted by Crippen LogP contribution is 2.40. The quantitative estimate of drug-likeness (QED) is 0.382. The lowest BCUT2D eigenvalue weighted by molar-refractivity contribution is -0.160. The third kappa shape index (κ3) is 5.81. The second-order valence-electron chi connectivity index (χ2n) is 11.2. The number of carbonyl (C=O) groups is 2. The predicted octanol–water partition coefficient (Wildman–Crippen LogP) is 6.63. The van der Waals surface area contributed by atoms with E-state index in [0.717, 1.165) is 34.2 Å². The molecule has 5 nitrogen and oxygen atoms in total. The zero-order chi connectivity index (χ0) is 27.8. The van der Waals surface area contributed by atoms with Crippen molar-refractivity contribution < 1.29 is 23.8 Å². The molecule has 0 spiro atoms. The van der Waals surface area contributed by atoms with E-state index < -0.39 is 23.5 Å². The summed E-state index contributed by atoms with van der Waals surface area (Å²) in [5.41, 5.74) is 7.44. The van der Waals surface area contributed by atoms with E-state index in [-0.39, 0.29) is 5.91 Å². The fourth-order valence-electron chi connectivity index (χ4n) is 5.33. The van der Waals surface area contributed by atoms with Gasteiger partial charge in [-0.25, -0.2) is 9.18 Å². The summed E-state index contributed by atoms with van der Waals surface area (Å²) in [6.45, 7) is 12.3. The number of rotatable bonds is 7. The van der Waals surface area contributed by atoms with Crippen molar-refractivity contribution >= 4 is 11.9 Å². The van der Waals surface area contributed by atoms with E-state index in [1.807, 2.05) is 41.5 Å². The number of halogens is 1. The molecule has 200 valence electrons. The first-order chi connectivity index (χ1) is 17.9. The van der Waals surface area contributed by atoms with Gasteiger partial charge in [-0.15, -0.1) is 0 Å². The van der Waals surface area contributed by atoms with E-state index in [1.165, 1.54) is 29.3 Å². The summed E-state index contributed by atoms with van der Waals surface area (Å²) in [5.74, 6) is -1.74. The van der Waals surface area contributed by atoms with Crippen LogP contribution in [0.5, 0.6) is 0 Å². The molecule has 1 amide bonds. The number of ether oxygens (including phenoxy) is 1. The van der Waals surface area contributed by atoms with E-state index in [1.54, 1.807) is 11.0 Å². The summed E-state index contributed by atoms with van der Waals surface area (Å²) in [6, 6.07) is 14.1. The van der Waals surface area contributed by atoms with Crippen LogP contribution in [0.15, 0.2) is 48.5 Å². The number of nitrogens with zero attached hydrogens (tertiary/aromatic N) is 1. The van der Waals surface area contributed by atoms with E-state index in [9.17, 15) is 19.1 Å². The third-order valence-electron chi connectivity index (χ3n) is 7.25. The summed E-state index contributed by atoms with van der Waals surface area (Å²) < 4.78 is 19.9. The maximum Gasteiger partial charge on any atom is 0.337 e. The highest BCUT2D eigenvalue weighted by Gasteiger charge is 2.36. The van der Waals surface area contributed by atoms with E-state index >= 15 is 0 Å². The van der Waals surface area contributed by atoms with Gasteiger partial charge < -0.3 is 14.7 Å². The number of hydrogen-bond donors (Lipinski definition) is 1. The molecule has 0 aromatic heterocycles. The first kappa shape index (κ1) is 27.5. The zero-order valence-electron chi connectivity index (χ0n) is 23.0. The van der Waals surface area contributed by atoms with Gasteiger partial charge in [0.1, 0.15) is 5.82 Å². The van der Waals surface area contributed by atoms with Crippen LogP contribution in [0, 0.1) is 26.6 Å². The number of hydrogen-bond acceptors (Lipinski definition) is 3. The van der Waals surface area contributed by atoms with Gasteiger partial charge in [-0.1, -0.05) is 35.9 Å². The van der Waals surface area contributed by atoms with Crippen LogP contribution in [-0.2, 0) is 35.5 Å². The van der Waals surface area contributed by atoms with Gasteiger partial charge in [-0.3, -0.25) is 4.79 Å². The minimum atomic E-state index is -1.14. The maximum absolute atomic E-state index is 13.8. The first-order valence-electron chi connectivity index (χ1n) is 13.0. The van der Waals surface area contributed by atoms with Crippen molar-refractivity contribution in [1.29, 1.82) is 0 Å². The van der Waals surface area contributed by atoms with Crippen LogP contribution in [0.25, 0.3) is 0 Å². The molecule has 0 saturated carbocycles. The average molecular weight is 518 g/mol. The smallest absolute Gasteiger partial charge is 0.337 e.